The van der Waals surface area contributed by atoms with Crippen LogP contribution < -0.4 is 10.6 Å². The number of amides is 2. The molecule has 286 valence electrons. The van der Waals surface area contributed by atoms with Crippen molar-refractivity contribution < 1.29 is 9.59 Å². The molecule has 2 N–H and O–H groups in total. The number of aromatic nitrogens is 8. The van der Waals surface area contributed by atoms with E-state index in [0.29, 0.717) is 35.0 Å². The quantitative estimate of drug-likeness (QED) is 0.119. The summed E-state index contributed by atoms with van der Waals surface area (Å²) in [6.45, 7) is 13.0. The molecule has 0 saturated carbocycles. The molecule has 0 saturated heterocycles. The van der Waals surface area contributed by atoms with E-state index >= 15 is 0 Å². The molecule has 2 amide bonds. The van der Waals surface area contributed by atoms with Crippen LogP contribution in [0.2, 0.25) is 0 Å². The van der Waals surface area contributed by atoms with E-state index in [4.69, 9.17) is 9.97 Å². The fraction of sp³-hybridized carbons (Fsp3) is 0.286. The third-order valence-corrected chi connectivity index (χ3v) is 11.4. The summed E-state index contributed by atoms with van der Waals surface area (Å²) in [5, 5.41) is 16.2. The van der Waals surface area contributed by atoms with Crippen LogP contribution in [0.25, 0.3) is 11.6 Å². The van der Waals surface area contributed by atoms with Gasteiger partial charge in [-0.2, -0.15) is 9.97 Å². The molecule has 0 spiro atoms. The van der Waals surface area contributed by atoms with E-state index in [-0.39, 0.29) is 23.3 Å². The lowest BCUT2D eigenvalue weighted by molar-refractivity contribution is -0.119. The number of carbonyl (C=O) groups excluding carboxylic acids is 2. The van der Waals surface area contributed by atoms with Gasteiger partial charge in [0.1, 0.15) is 0 Å². The lowest BCUT2D eigenvalue weighted by atomic mass is 10.0. The summed E-state index contributed by atoms with van der Waals surface area (Å²) in [6.07, 6.45) is 1.52. The molecule has 0 unspecified atom stereocenters. The predicted molar refractivity (Wildman–Crippen MR) is 220 cm³/mol. The SMILES string of the molecule is Cc1ccc(Cc2c(C)nc3nc(SCC(=O)NCc4ccc(CNC(=O)CSc5nc6nc(C)c(Cc7ccc(C)cc7)c(C)n6n5)cc4)nn3c2C)cc1. The van der Waals surface area contributed by atoms with E-state index in [1.165, 1.54) is 45.8 Å². The molecule has 14 heteroatoms. The maximum atomic E-state index is 12.7. The molecule has 56 heavy (non-hydrogen) atoms. The van der Waals surface area contributed by atoms with E-state index < -0.39 is 0 Å². The molecular formula is C42H44N10O2S2. The molecular weight excluding hydrogens is 741 g/mol. The van der Waals surface area contributed by atoms with Crippen LogP contribution in [0.1, 0.15) is 67.3 Å². The van der Waals surface area contributed by atoms with Gasteiger partial charge in [0.25, 0.3) is 11.6 Å². The summed E-state index contributed by atoms with van der Waals surface area (Å²) < 4.78 is 3.53. The first-order valence-corrected chi connectivity index (χ1v) is 20.4. The second-order valence-corrected chi connectivity index (χ2v) is 15.9. The molecule has 0 aliphatic carbocycles. The number of nitrogens with zero attached hydrogens (tertiary/aromatic N) is 8. The van der Waals surface area contributed by atoms with Crippen molar-refractivity contribution in [3.8, 4) is 0 Å². The Bertz CT molecular complexity index is 2350. The molecule has 4 aromatic heterocycles. The fourth-order valence-electron chi connectivity index (χ4n) is 6.37. The molecule has 12 nitrogen and oxygen atoms in total. The minimum Gasteiger partial charge on any atom is -0.351 e. The average Bonchev–Trinajstić information content (AvgIpc) is 3.80. The average molecular weight is 785 g/mol. The van der Waals surface area contributed by atoms with Gasteiger partial charge in [-0.05, 0) is 74.9 Å². The van der Waals surface area contributed by atoms with Gasteiger partial charge in [-0.25, -0.2) is 19.0 Å². The molecule has 0 atom stereocenters. The lowest BCUT2D eigenvalue weighted by Gasteiger charge is -2.10. The van der Waals surface area contributed by atoms with Crippen molar-refractivity contribution in [3.63, 3.8) is 0 Å². The van der Waals surface area contributed by atoms with Crippen LogP contribution in [-0.2, 0) is 35.5 Å². The predicted octanol–water partition coefficient (Wildman–Crippen LogP) is 6.41. The number of hydrogen-bond acceptors (Lipinski definition) is 10. The van der Waals surface area contributed by atoms with Crippen LogP contribution in [0.4, 0.5) is 0 Å². The van der Waals surface area contributed by atoms with Gasteiger partial charge in [0.2, 0.25) is 22.1 Å². The number of hydrogen-bond donors (Lipinski definition) is 2. The van der Waals surface area contributed by atoms with Gasteiger partial charge in [0.05, 0.1) is 11.5 Å². The molecule has 0 radical (unpaired) electrons. The van der Waals surface area contributed by atoms with Gasteiger partial charge in [0.15, 0.2) is 0 Å². The standard InChI is InChI=1S/C42H44N10O2S2/c1-25-7-11-31(12-8-25)19-35-27(3)45-39-47-41(49-51(39)29(35)5)55-23-37(53)43-21-33-15-17-34(18-16-33)22-44-38(54)24-56-42-48-40-46-28(4)36(30(6)52(40)50-42)20-32-13-9-26(2)10-14-32/h7-18H,19-24H2,1-6H3,(H,43,53)(H,44,54). The fourth-order valence-corrected chi connectivity index (χ4v) is 7.67. The maximum absolute atomic E-state index is 12.7. The normalized spacial score (nSPS) is 11.4. The minimum absolute atomic E-state index is 0.118. The molecule has 3 aromatic carbocycles. The smallest absolute Gasteiger partial charge is 0.253 e. The van der Waals surface area contributed by atoms with E-state index in [9.17, 15) is 9.59 Å². The Labute approximate surface area is 334 Å². The van der Waals surface area contributed by atoms with Crippen molar-refractivity contribution in [1.29, 1.82) is 0 Å². The topological polar surface area (TPSA) is 144 Å². The second-order valence-electron chi connectivity index (χ2n) is 14.0. The van der Waals surface area contributed by atoms with Crippen LogP contribution in [0.5, 0.6) is 0 Å². The lowest BCUT2D eigenvalue weighted by Crippen LogP contribution is -2.25. The summed E-state index contributed by atoms with van der Waals surface area (Å²) in [5.41, 5.74) is 12.9. The molecule has 7 aromatic rings. The molecule has 0 aliphatic rings. The summed E-state index contributed by atoms with van der Waals surface area (Å²) in [5.74, 6) is 1.19. The van der Waals surface area contributed by atoms with Gasteiger partial charge in [-0.1, -0.05) is 107 Å². The zero-order valence-electron chi connectivity index (χ0n) is 32.4. The zero-order chi connectivity index (χ0) is 39.3. The summed E-state index contributed by atoms with van der Waals surface area (Å²) in [4.78, 5) is 44.0. The van der Waals surface area contributed by atoms with E-state index in [0.717, 1.165) is 57.9 Å². The molecule has 0 bridgehead atoms. The summed E-state index contributed by atoms with van der Waals surface area (Å²) >= 11 is 2.57. The Kier molecular flexibility index (Phi) is 11.8. The van der Waals surface area contributed by atoms with Crippen molar-refractivity contribution >= 4 is 46.9 Å². The van der Waals surface area contributed by atoms with E-state index in [1.54, 1.807) is 9.03 Å². The minimum atomic E-state index is -0.118. The van der Waals surface area contributed by atoms with Crippen LogP contribution in [0.3, 0.4) is 0 Å². The van der Waals surface area contributed by atoms with Gasteiger partial charge >= 0.3 is 0 Å². The van der Waals surface area contributed by atoms with Gasteiger partial charge in [-0.3, -0.25) is 9.59 Å². The van der Waals surface area contributed by atoms with E-state index in [2.05, 4.69) is 93.2 Å². The zero-order valence-corrected chi connectivity index (χ0v) is 34.0. The second kappa shape index (κ2) is 17.0. The number of nitrogens with one attached hydrogen (secondary N) is 2. The highest BCUT2D eigenvalue weighted by Gasteiger charge is 2.17. The number of aryl methyl sites for hydroxylation is 6. The number of rotatable bonds is 14. The number of carbonyl (C=O) groups is 2. The molecule has 7 rings (SSSR count). The van der Waals surface area contributed by atoms with E-state index in [1.807, 2.05) is 52.0 Å². The third kappa shape index (κ3) is 9.25. The highest BCUT2D eigenvalue weighted by Crippen LogP contribution is 2.23. The van der Waals surface area contributed by atoms with Crippen LogP contribution in [0, 0.1) is 41.5 Å². The first-order chi connectivity index (χ1) is 27.0. The number of fused-ring (bicyclic) bond motifs is 2. The monoisotopic (exact) mass is 784 g/mol. The molecule has 0 fully saturated rings. The molecule has 0 aliphatic heterocycles. The largest absolute Gasteiger partial charge is 0.351 e. The Balaban J connectivity index is 0.850. The van der Waals surface area contributed by atoms with Crippen molar-refractivity contribution in [2.75, 3.05) is 11.5 Å². The van der Waals surface area contributed by atoms with Crippen LogP contribution in [0.15, 0.2) is 83.1 Å². The Morgan fingerprint density at radius 3 is 1.25 bits per heavy atom. The molecule has 4 heterocycles. The van der Waals surface area contributed by atoms with Crippen molar-refractivity contribution in [1.82, 2.24) is 49.8 Å². The van der Waals surface area contributed by atoms with Crippen LogP contribution in [-0.4, -0.2) is 62.5 Å². The van der Waals surface area contributed by atoms with Crippen molar-refractivity contribution in [3.05, 3.63) is 140 Å². The third-order valence-electron chi connectivity index (χ3n) is 9.73. The van der Waals surface area contributed by atoms with Gasteiger partial charge in [0, 0.05) is 48.7 Å². The van der Waals surface area contributed by atoms with Crippen molar-refractivity contribution in [2.24, 2.45) is 0 Å². The highest BCUT2D eigenvalue weighted by atomic mass is 32.2. The Hall–Kier alpha value is -5.60. The van der Waals surface area contributed by atoms with Crippen molar-refractivity contribution in [2.45, 2.75) is 77.8 Å². The summed E-state index contributed by atoms with van der Waals surface area (Å²) in [6, 6.07) is 24.8. The van der Waals surface area contributed by atoms with Gasteiger partial charge in [-0.15, -0.1) is 10.2 Å². The Morgan fingerprint density at radius 2 is 0.875 bits per heavy atom. The first kappa shape index (κ1) is 38.7. The number of benzene rings is 3. The first-order valence-electron chi connectivity index (χ1n) is 18.4. The van der Waals surface area contributed by atoms with Crippen LogP contribution >= 0.6 is 23.5 Å². The Morgan fingerprint density at radius 1 is 0.518 bits per heavy atom. The van der Waals surface area contributed by atoms with Gasteiger partial charge < -0.3 is 10.6 Å². The number of thioether (sulfide) groups is 2. The summed E-state index contributed by atoms with van der Waals surface area (Å²) in [7, 11) is 0. The maximum Gasteiger partial charge on any atom is 0.253 e. The highest BCUT2D eigenvalue weighted by molar-refractivity contribution is 8.00.